The average molecular weight is 430 g/mol. The Bertz CT molecular complexity index is 876. The molecule has 1 saturated heterocycles. The lowest BCUT2D eigenvalue weighted by atomic mass is 10.1. The number of amides is 1. The molecule has 0 spiro atoms. The summed E-state index contributed by atoms with van der Waals surface area (Å²) >= 11 is 0. The molecule has 1 N–H and O–H groups in total. The molecule has 2 aromatic carbocycles. The van der Waals surface area contributed by atoms with Crippen molar-refractivity contribution in [1.82, 2.24) is 5.32 Å². The van der Waals surface area contributed by atoms with Crippen LogP contribution in [0.5, 0.6) is 5.75 Å². The highest BCUT2D eigenvalue weighted by Crippen LogP contribution is 2.29. The van der Waals surface area contributed by atoms with Gasteiger partial charge in [0.15, 0.2) is 0 Å². The van der Waals surface area contributed by atoms with E-state index in [4.69, 9.17) is 4.74 Å². The molecule has 1 aliphatic heterocycles. The average Bonchev–Trinajstić information content (AvgIpc) is 3.23. The van der Waals surface area contributed by atoms with Gasteiger partial charge in [-0.05, 0) is 76.2 Å². The van der Waals surface area contributed by atoms with Crippen LogP contribution >= 0.6 is 0 Å². The third-order valence-corrected chi connectivity index (χ3v) is 5.75. The van der Waals surface area contributed by atoms with E-state index >= 15 is 4.39 Å². The molecule has 1 atom stereocenters. The number of likely N-dealkylation sites (N-methyl/N-ethyl adjacent to an activating group) is 1. The van der Waals surface area contributed by atoms with E-state index in [1.807, 2.05) is 39.1 Å². The van der Waals surface area contributed by atoms with Gasteiger partial charge in [-0.15, -0.1) is 0 Å². The normalized spacial score (nSPS) is 16.1. The number of rotatable bonds is 9. The highest BCUT2D eigenvalue weighted by Gasteiger charge is 2.26. The van der Waals surface area contributed by atoms with Gasteiger partial charge in [0.25, 0.3) is 5.91 Å². The number of nitrogens with one attached hydrogen (secondary N) is 1. The highest BCUT2D eigenvalue weighted by atomic mass is 19.1. The zero-order valence-electron chi connectivity index (χ0n) is 19.0. The van der Waals surface area contributed by atoms with Crippen molar-refractivity contribution in [2.75, 3.05) is 36.5 Å². The SMILES string of the molecule is CCCCOc1ccc(C(=O)N(c2ccc(N3CCC(NC)C3)c(F)c2)C(C)C)cc1.[HH]. The lowest BCUT2D eigenvalue weighted by Crippen LogP contribution is -2.37. The smallest absolute Gasteiger partial charge is 0.258 e. The largest absolute Gasteiger partial charge is 0.494 e. The van der Waals surface area contributed by atoms with Crippen molar-refractivity contribution in [3.05, 3.63) is 53.8 Å². The van der Waals surface area contributed by atoms with Gasteiger partial charge < -0.3 is 19.9 Å². The van der Waals surface area contributed by atoms with Gasteiger partial charge >= 0.3 is 0 Å². The third kappa shape index (κ3) is 5.56. The second-order valence-electron chi connectivity index (χ2n) is 8.35. The van der Waals surface area contributed by atoms with Crippen molar-refractivity contribution >= 4 is 17.3 Å². The van der Waals surface area contributed by atoms with E-state index in [2.05, 4.69) is 17.1 Å². The van der Waals surface area contributed by atoms with Crippen LogP contribution in [0.2, 0.25) is 0 Å². The van der Waals surface area contributed by atoms with Gasteiger partial charge in [-0.25, -0.2) is 4.39 Å². The Labute approximate surface area is 186 Å². The van der Waals surface area contributed by atoms with E-state index in [0.717, 1.165) is 38.1 Å². The number of hydrogen-bond donors (Lipinski definition) is 1. The fourth-order valence-corrected chi connectivity index (χ4v) is 3.93. The van der Waals surface area contributed by atoms with Crippen LogP contribution in [-0.4, -0.2) is 44.7 Å². The van der Waals surface area contributed by atoms with Crippen molar-refractivity contribution in [3.8, 4) is 5.75 Å². The molecule has 1 aliphatic rings. The van der Waals surface area contributed by atoms with Gasteiger partial charge in [0, 0.05) is 37.9 Å². The second-order valence-corrected chi connectivity index (χ2v) is 8.35. The maximum Gasteiger partial charge on any atom is 0.258 e. The zero-order valence-corrected chi connectivity index (χ0v) is 19.0. The van der Waals surface area contributed by atoms with Gasteiger partial charge in [0.2, 0.25) is 0 Å². The van der Waals surface area contributed by atoms with Crippen molar-refractivity contribution in [1.29, 1.82) is 0 Å². The molecule has 1 fully saturated rings. The van der Waals surface area contributed by atoms with Crippen molar-refractivity contribution in [2.45, 2.75) is 52.1 Å². The molecule has 1 unspecified atom stereocenters. The summed E-state index contributed by atoms with van der Waals surface area (Å²) in [5, 5.41) is 3.25. The first-order valence-corrected chi connectivity index (χ1v) is 11.2. The summed E-state index contributed by atoms with van der Waals surface area (Å²) in [4.78, 5) is 16.9. The van der Waals surface area contributed by atoms with Crippen LogP contribution in [0.4, 0.5) is 15.8 Å². The molecule has 0 radical (unpaired) electrons. The lowest BCUT2D eigenvalue weighted by molar-refractivity contribution is 0.0980. The molecule has 2 aromatic rings. The van der Waals surface area contributed by atoms with Crippen molar-refractivity contribution < 1.29 is 15.3 Å². The Morgan fingerprint density at radius 1 is 1.29 bits per heavy atom. The first kappa shape index (κ1) is 23.1. The fourth-order valence-electron chi connectivity index (χ4n) is 3.93. The fraction of sp³-hybridized carbons (Fsp3) is 0.480. The minimum Gasteiger partial charge on any atom is -0.494 e. The van der Waals surface area contributed by atoms with Gasteiger partial charge in [-0.1, -0.05) is 13.3 Å². The Morgan fingerprint density at radius 3 is 2.61 bits per heavy atom. The van der Waals surface area contributed by atoms with E-state index in [1.54, 1.807) is 23.1 Å². The Morgan fingerprint density at radius 2 is 2.03 bits per heavy atom. The summed E-state index contributed by atoms with van der Waals surface area (Å²) < 4.78 is 20.7. The van der Waals surface area contributed by atoms with Gasteiger partial charge in [0.1, 0.15) is 11.6 Å². The Balaban J connectivity index is 0.00000363. The number of halogens is 1. The van der Waals surface area contributed by atoms with E-state index in [0.29, 0.717) is 29.6 Å². The third-order valence-electron chi connectivity index (χ3n) is 5.75. The Kier molecular flexibility index (Phi) is 7.91. The molecule has 5 nitrogen and oxygen atoms in total. The molecule has 170 valence electrons. The summed E-state index contributed by atoms with van der Waals surface area (Å²) in [6, 6.07) is 12.5. The maximum absolute atomic E-state index is 15.0. The molecule has 3 rings (SSSR count). The Hall–Kier alpha value is -2.60. The first-order chi connectivity index (χ1) is 14.9. The van der Waals surface area contributed by atoms with Crippen LogP contribution in [0, 0.1) is 5.82 Å². The van der Waals surface area contributed by atoms with Crippen LogP contribution in [0.25, 0.3) is 0 Å². The van der Waals surface area contributed by atoms with E-state index in [9.17, 15) is 4.79 Å². The lowest BCUT2D eigenvalue weighted by Gasteiger charge is -2.28. The van der Waals surface area contributed by atoms with Crippen molar-refractivity contribution in [3.63, 3.8) is 0 Å². The summed E-state index contributed by atoms with van der Waals surface area (Å²) in [6.45, 7) is 8.26. The van der Waals surface area contributed by atoms with Crippen molar-refractivity contribution in [2.24, 2.45) is 0 Å². The monoisotopic (exact) mass is 429 g/mol. The minimum absolute atomic E-state index is 0. The zero-order chi connectivity index (χ0) is 22.4. The number of benzene rings is 2. The molecule has 6 heteroatoms. The number of hydrogen-bond acceptors (Lipinski definition) is 4. The predicted molar refractivity (Wildman–Crippen MR) is 127 cm³/mol. The minimum atomic E-state index is -0.299. The topological polar surface area (TPSA) is 44.8 Å². The number of ether oxygens (including phenoxy) is 1. The molecular weight excluding hydrogens is 393 g/mol. The molecule has 0 aliphatic carbocycles. The number of carbonyl (C=O) groups is 1. The van der Waals surface area contributed by atoms with Gasteiger partial charge in [-0.2, -0.15) is 0 Å². The number of unbranched alkanes of at least 4 members (excludes halogenated alkanes) is 1. The molecule has 1 heterocycles. The molecule has 0 aromatic heterocycles. The molecular formula is C25H36FN3O2. The summed E-state index contributed by atoms with van der Waals surface area (Å²) in [7, 11) is 1.93. The first-order valence-electron chi connectivity index (χ1n) is 11.2. The second kappa shape index (κ2) is 10.6. The summed E-state index contributed by atoms with van der Waals surface area (Å²) in [5.41, 5.74) is 1.71. The van der Waals surface area contributed by atoms with Gasteiger partial charge in [0.05, 0.1) is 12.3 Å². The van der Waals surface area contributed by atoms with Crippen LogP contribution < -0.4 is 19.9 Å². The summed E-state index contributed by atoms with van der Waals surface area (Å²) in [5.74, 6) is 0.299. The van der Waals surface area contributed by atoms with Crippen LogP contribution in [0.15, 0.2) is 42.5 Å². The van der Waals surface area contributed by atoms with Crippen LogP contribution in [-0.2, 0) is 0 Å². The van der Waals surface area contributed by atoms with E-state index in [-0.39, 0.29) is 19.2 Å². The van der Waals surface area contributed by atoms with E-state index < -0.39 is 0 Å². The molecule has 31 heavy (non-hydrogen) atoms. The van der Waals surface area contributed by atoms with Crippen LogP contribution in [0.3, 0.4) is 0 Å². The van der Waals surface area contributed by atoms with Crippen LogP contribution in [0.1, 0.15) is 51.8 Å². The number of carbonyl (C=O) groups excluding carboxylic acids is 1. The molecule has 1 amide bonds. The predicted octanol–water partition coefficient (Wildman–Crippen LogP) is 5.10. The van der Waals surface area contributed by atoms with Gasteiger partial charge in [-0.3, -0.25) is 4.79 Å². The number of anilines is 2. The molecule has 0 saturated carbocycles. The highest BCUT2D eigenvalue weighted by molar-refractivity contribution is 6.06. The standard InChI is InChI=1S/C25H34FN3O2.H2/c1-5-6-15-31-22-10-7-19(8-11-22)25(30)29(18(2)3)21-9-12-24(23(26)16-21)28-14-13-20(17-28)27-4;/h7-12,16,18,20,27H,5-6,13-15,17H2,1-4H3;1H. The number of nitrogens with zero attached hydrogens (tertiary/aromatic N) is 2. The van der Waals surface area contributed by atoms with E-state index in [1.165, 1.54) is 6.07 Å². The quantitative estimate of drug-likeness (QED) is 0.563. The summed E-state index contributed by atoms with van der Waals surface area (Å²) in [6.07, 6.45) is 3.06. The maximum atomic E-state index is 15.0. The molecule has 0 bridgehead atoms.